The second-order valence-corrected chi connectivity index (χ2v) is 4.68. The Labute approximate surface area is 122 Å². The van der Waals surface area contributed by atoms with E-state index in [4.69, 9.17) is 10.5 Å². The van der Waals surface area contributed by atoms with Gasteiger partial charge in [-0.1, -0.05) is 5.21 Å². The molecule has 1 saturated heterocycles. The smallest absolute Gasteiger partial charge is 0.409 e. The first-order chi connectivity index (χ1) is 10.1. The van der Waals surface area contributed by atoms with Crippen molar-refractivity contribution < 1.29 is 14.3 Å². The first kappa shape index (κ1) is 15.2. The monoisotopic (exact) mass is 296 g/mol. The van der Waals surface area contributed by atoms with E-state index in [0.717, 1.165) is 0 Å². The lowest BCUT2D eigenvalue weighted by molar-refractivity contribution is -0.133. The van der Waals surface area contributed by atoms with Gasteiger partial charge < -0.3 is 20.3 Å². The van der Waals surface area contributed by atoms with E-state index in [1.54, 1.807) is 22.9 Å². The lowest BCUT2D eigenvalue weighted by Gasteiger charge is -2.34. The molecule has 2 rings (SSSR count). The number of ether oxygens (including phenoxy) is 1. The highest BCUT2D eigenvalue weighted by atomic mass is 16.6. The second kappa shape index (κ2) is 7.02. The van der Waals surface area contributed by atoms with Crippen molar-refractivity contribution in [2.75, 3.05) is 32.8 Å². The maximum Gasteiger partial charge on any atom is 0.409 e. The number of nitrogens with two attached hydrogens (primary N) is 1. The van der Waals surface area contributed by atoms with Crippen LogP contribution in [0.4, 0.5) is 4.79 Å². The Morgan fingerprint density at radius 2 is 1.95 bits per heavy atom. The van der Waals surface area contributed by atoms with Crippen molar-refractivity contribution in [3.63, 3.8) is 0 Å². The summed E-state index contributed by atoms with van der Waals surface area (Å²) < 4.78 is 6.41. The fourth-order valence-corrected chi connectivity index (χ4v) is 2.10. The van der Waals surface area contributed by atoms with Crippen molar-refractivity contribution in [3.05, 3.63) is 11.9 Å². The molecule has 1 aliphatic rings. The fourth-order valence-electron chi connectivity index (χ4n) is 2.10. The minimum absolute atomic E-state index is 0.0491. The third-order valence-electron chi connectivity index (χ3n) is 3.25. The van der Waals surface area contributed by atoms with Gasteiger partial charge in [0.1, 0.15) is 6.54 Å². The Bertz CT molecular complexity index is 495. The van der Waals surface area contributed by atoms with Gasteiger partial charge >= 0.3 is 6.09 Å². The highest BCUT2D eigenvalue weighted by Gasteiger charge is 2.24. The number of carbonyl (C=O) groups excluding carboxylic acids is 2. The zero-order valence-corrected chi connectivity index (χ0v) is 12.1. The molecule has 0 radical (unpaired) electrons. The van der Waals surface area contributed by atoms with Gasteiger partial charge in [-0.05, 0) is 6.92 Å². The van der Waals surface area contributed by atoms with E-state index >= 15 is 0 Å². The number of piperazine rings is 1. The van der Waals surface area contributed by atoms with E-state index in [9.17, 15) is 9.59 Å². The van der Waals surface area contributed by atoms with Crippen LogP contribution in [0.25, 0.3) is 0 Å². The number of carbonyl (C=O) groups is 2. The molecule has 21 heavy (non-hydrogen) atoms. The second-order valence-electron chi connectivity index (χ2n) is 4.68. The van der Waals surface area contributed by atoms with Gasteiger partial charge in [-0.3, -0.25) is 4.79 Å². The van der Waals surface area contributed by atoms with E-state index in [1.807, 2.05) is 0 Å². The van der Waals surface area contributed by atoms with E-state index in [2.05, 4.69) is 10.3 Å². The zero-order chi connectivity index (χ0) is 15.2. The predicted octanol–water partition coefficient (Wildman–Crippen LogP) is -0.962. The van der Waals surface area contributed by atoms with Crippen molar-refractivity contribution in [2.45, 2.75) is 20.0 Å². The van der Waals surface area contributed by atoms with Crippen molar-refractivity contribution >= 4 is 12.0 Å². The molecule has 1 aromatic rings. The molecule has 0 atom stereocenters. The van der Waals surface area contributed by atoms with Gasteiger partial charge in [0.15, 0.2) is 0 Å². The quantitative estimate of drug-likeness (QED) is 0.766. The van der Waals surface area contributed by atoms with Crippen LogP contribution in [-0.2, 0) is 22.6 Å². The van der Waals surface area contributed by atoms with E-state index in [1.165, 1.54) is 4.68 Å². The SMILES string of the molecule is CCOC(=O)N1CCN(C(=O)Cn2cc(CN)nn2)CC1. The summed E-state index contributed by atoms with van der Waals surface area (Å²) in [5, 5.41) is 7.68. The van der Waals surface area contributed by atoms with Gasteiger partial charge in [-0.15, -0.1) is 5.10 Å². The molecule has 1 aliphatic heterocycles. The van der Waals surface area contributed by atoms with Crippen molar-refractivity contribution in [2.24, 2.45) is 5.73 Å². The number of hydrogen-bond acceptors (Lipinski definition) is 6. The Balaban J connectivity index is 1.81. The van der Waals surface area contributed by atoms with Crippen molar-refractivity contribution in [1.82, 2.24) is 24.8 Å². The highest BCUT2D eigenvalue weighted by molar-refractivity contribution is 5.76. The summed E-state index contributed by atoms with van der Waals surface area (Å²) in [6.07, 6.45) is 1.33. The Morgan fingerprint density at radius 1 is 1.29 bits per heavy atom. The van der Waals surface area contributed by atoms with Crippen LogP contribution in [0.2, 0.25) is 0 Å². The molecule has 116 valence electrons. The molecule has 1 aromatic heterocycles. The molecule has 0 spiro atoms. The maximum atomic E-state index is 12.1. The van der Waals surface area contributed by atoms with E-state index < -0.39 is 0 Å². The van der Waals surface area contributed by atoms with Gasteiger partial charge in [0.05, 0.1) is 18.5 Å². The number of aromatic nitrogens is 3. The Morgan fingerprint density at radius 3 is 2.52 bits per heavy atom. The minimum atomic E-state index is -0.325. The molecule has 0 aliphatic carbocycles. The summed E-state index contributed by atoms with van der Waals surface area (Å²) in [5.74, 6) is -0.0491. The van der Waals surface area contributed by atoms with Gasteiger partial charge in [-0.2, -0.15) is 0 Å². The maximum absolute atomic E-state index is 12.1. The van der Waals surface area contributed by atoms with E-state index in [0.29, 0.717) is 45.0 Å². The van der Waals surface area contributed by atoms with Crippen LogP contribution in [-0.4, -0.2) is 69.6 Å². The third-order valence-corrected chi connectivity index (χ3v) is 3.25. The van der Waals surface area contributed by atoms with Crippen LogP contribution in [0, 0.1) is 0 Å². The summed E-state index contributed by atoms with van der Waals surface area (Å²) in [6.45, 7) is 4.51. The third kappa shape index (κ3) is 3.91. The summed E-state index contributed by atoms with van der Waals surface area (Å²) in [7, 11) is 0. The molecule has 2 N–H and O–H groups in total. The summed E-state index contributed by atoms with van der Waals surface area (Å²) in [5.41, 5.74) is 6.09. The first-order valence-electron chi connectivity index (χ1n) is 6.92. The molecule has 0 aromatic carbocycles. The lowest BCUT2D eigenvalue weighted by Crippen LogP contribution is -2.51. The number of rotatable bonds is 4. The average Bonchev–Trinajstić information content (AvgIpc) is 2.95. The van der Waals surface area contributed by atoms with Crippen LogP contribution in [0.5, 0.6) is 0 Å². The van der Waals surface area contributed by atoms with Gasteiger partial charge in [0.2, 0.25) is 5.91 Å². The van der Waals surface area contributed by atoms with Gasteiger partial charge in [0, 0.05) is 32.7 Å². The number of amides is 2. The zero-order valence-electron chi connectivity index (χ0n) is 12.1. The van der Waals surface area contributed by atoms with Crippen molar-refractivity contribution in [3.8, 4) is 0 Å². The van der Waals surface area contributed by atoms with Crippen LogP contribution in [0.15, 0.2) is 6.20 Å². The molecule has 0 bridgehead atoms. The van der Waals surface area contributed by atoms with Crippen LogP contribution < -0.4 is 5.73 Å². The summed E-state index contributed by atoms with van der Waals surface area (Å²) in [4.78, 5) is 27.0. The highest BCUT2D eigenvalue weighted by Crippen LogP contribution is 2.05. The van der Waals surface area contributed by atoms with E-state index in [-0.39, 0.29) is 18.5 Å². The molecular weight excluding hydrogens is 276 g/mol. The molecular formula is C12H20N6O3. The van der Waals surface area contributed by atoms with Gasteiger partial charge in [-0.25, -0.2) is 9.48 Å². The first-order valence-corrected chi connectivity index (χ1v) is 6.92. The van der Waals surface area contributed by atoms with Crippen LogP contribution >= 0.6 is 0 Å². The summed E-state index contributed by atoms with van der Waals surface area (Å²) in [6, 6.07) is 0. The normalized spacial score (nSPS) is 15.1. The van der Waals surface area contributed by atoms with Crippen molar-refractivity contribution in [1.29, 1.82) is 0 Å². The van der Waals surface area contributed by atoms with Gasteiger partial charge in [0.25, 0.3) is 0 Å². The average molecular weight is 296 g/mol. The van der Waals surface area contributed by atoms with Crippen LogP contribution in [0.1, 0.15) is 12.6 Å². The molecule has 9 nitrogen and oxygen atoms in total. The van der Waals surface area contributed by atoms with Crippen LogP contribution in [0.3, 0.4) is 0 Å². The topological polar surface area (TPSA) is 107 Å². The molecule has 2 heterocycles. The Kier molecular flexibility index (Phi) is 5.09. The fraction of sp³-hybridized carbons (Fsp3) is 0.667. The molecule has 2 amide bonds. The largest absolute Gasteiger partial charge is 0.450 e. The number of nitrogens with zero attached hydrogens (tertiary/aromatic N) is 5. The molecule has 0 unspecified atom stereocenters. The number of hydrogen-bond donors (Lipinski definition) is 1. The Hall–Kier alpha value is -2.16. The molecule has 9 heteroatoms. The minimum Gasteiger partial charge on any atom is -0.450 e. The summed E-state index contributed by atoms with van der Waals surface area (Å²) >= 11 is 0. The predicted molar refractivity (Wildman–Crippen MR) is 73.1 cm³/mol. The lowest BCUT2D eigenvalue weighted by atomic mass is 10.3. The molecule has 0 saturated carbocycles. The standard InChI is InChI=1S/C12H20N6O3/c1-2-21-12(20)17-5-3-16(4-6-17)11(19)9-18-8-10(7-13)14-15-18/h8H,2-7,9,13H2,1H3. The molecule has 1 fully saturated rings.